The molecule has 10 heteroatoms. The van der Waals surface area contributed by atoms with Crippen LogP contribution in [-0.4, -0.2) is 34.8 Å². The van der Waals surface area contributed by atoms with Gasteiger partial charge in [-0.3, -0.25) is 0 Å². The number of carbonyl (C=O) groups is 1. The van der Waals surface area contributed by atoms with E-state index in [1.807, 2.05) is 60.7 Å². The van der Waals surface area contributed by atoms with E-state index in [4.69, 9.17) is 14.5 Å². The van der Waals surface area contributed by atoms with Gasteiger partial charge in [0.15, 0.2) is 5.65 Å². The van der Waals surface area contributed by atoms with Crippen LogP contribution in [-0.2, 0) is 6.54 Å². The number of hydrogen-bond donors (Lipinski definition) is 3. The summed E-state index contributed by atoms with van der Waals surface area (Å²) >= 11 is 3.54. The maximum Gasteiger partial charge on any atom is 0.323 e. The SMILES string of the molecule is COc1cc(NC(=O)Nc2ccc(CNc3cc(-c4ccccc4)nc4c(Br)cnn34)cc2)cc(OC)c1. The van der Waals surface area contributed by atoms with Gasteiger partial charge in [-0.2, -0.15) is 9.61 Å². The molecule has 0 radical (unpaired) electrons. The van der Waals surface area contributed by atoms with Crippen molar-refractivity contribution in [1.29, 1.82) is 0 Å². The molecule has 2 aromatic heterocycles. The first-order valence-corrected chi connectivity index (χ1v) is 12.6. The number of anilines is 3. The molecule has 5 aromatic rings. The Kier molecular flexibility index (Phi) is 7.41. The van der Waals surface area contributed by atoms with Gasteiger partial charge in [-0.15, -0.1) is 0 Å². The first-order valence-electron chi connectivity index (χ1n) is 11.8. The molecule has 9 nitrogen and oxygen atoms in total. The number of methoxy groups -OCH3 is 2. The molecular formula is C28H25BrN6O3. The average Bonchev–Trinajstić information content (AvgIpc) is 3.33. The lowest BCUT2D eigenvalue weighted by atomic mass is 10.1. The zero-order valence-corrected chi connectivity index (χ0v) is 22.3. The summed E-state index contributed by atoms with van der Waals surface area (Å²) in [7, 11) is 3.12. The largest absolute Gasteiger partial charge is 0.497 e. The summed E-state index contributed by atoms with van der Waals surface area (Å²) in [6, 6.07) is 24.4. The summed E-state index contributed by atoms with van der Waals surface area (Å²) in [5.41, 5.74) is 4.85. The Bertz CT molecular complexity index is 1550. The third-order valence-electron chi connectivity index (χ3n) is 5.79. The van der Waals surface area contributed by atoms with Crippen LogP contribution in [0.5, 0.6) is 11.5 Å². The minimum absolute atomic E-state index is 0.372. The van der Waals surface area contributed by atoms with E-state index in [1.54, 1.807) is 43.1 Å². The predicted molar refractivity (Wildman–Crippen MR) is 152 cm³/mol. The Morgan fingerprint density at radius 2 is 1.58 bits per heavy atom. The van der Waals surface area contributed by atoms with Crippen LogP contribution in [0.15, 0.2) is 89.5 Å². The van der Waals surface area contributed by atoms with Gasteiger partial charge in [0.25, 0.3) is 0 Å². The molecule has 38 heavy (non-hydrogen) atoms. The number of carbonyl (C=O) groups excluding carboxylic acids is 1. The maximum absolute atomic E-state index is 12.5. The first kappa shape index (κ1) is 25.1. The molecule has 192 valence electrons. The zero-order valence-electron chi connectivity index (χ0n) is 20.7. The van der Waals surface area contributed by atoms with Gasteiger partial charge in [-0.1, -0.05) is 42.5 Å². The highest BCUT2D eigenvalue weighted by atomic mass is 79.9. The Hall–Kier alpha value is -4.57. The molecule has 0 atom stereocenters. The van der Waals surface area contributed by atoms with Gasteiger partial charge in [0, 0.05) is 47.7 Å². The van der Waals surface area contributed by atoms with Crippen LogP contribution in [0.4, 0.5) is 22.0 Å². The summed E-state index contributed by atoms with van der Waals surface area (Å²) in [5.74, 6) is 1.98. The number of aromatic nitrogens is 3. The number of fused-ring (bicyclic) bond motifs is 1. The quantitative estimate of drug-likeness (QED) is 0.198. The fourth-order valence-electron chi connectivity index (χ4n) is 3.89. The number of halogens is 1. The van der Waals surface area contributed by atoms with E-state index >= 15 is 0 Å². The minimum Gasteiger partial charge on any atom is -0.497 e. The maximum atomic E-state index is 12.5. The molecule has 0 spiro atoms. The predicted octanol–water partition coefficient (Wildman–Crippen LogP) is 6.43. The highest BCUT2D eigenvalue weighted by molar-refractivity contribution is 9.10. The third kappa shape index (κ3) is 5.70. The number of urea groups is 1. The molecule has 0 bridgehead atoms. The average molecular weight is 573 g/mol. The number of ether oxygens (including phenoxy) is 2. The van der Waals surface area contributed by atoms with E-state index in [-0.39, 0.29) is 6.03 Å². The van der Waals surface area contributed by atoms with Crippen molar-refractivity contribution < 1.29 is 14.3 Å². The number of nitrogens with one attached hydrogen (secondary N) is 3. The van der Waals surface area contributed by atoms with Crippen molar-refractivity contribution >= 4 is 44.8 Å². The standard InChI is InChI=1S/C28H25BrN6O3/c1-37-22-12-21(13-23(14-22)38-2)33-28(36)32-20-10-8-18(9-11-20)16-30-26-15-25(19-6-4-3-5-7-19)34-27-24(29)17-31-35(26)27/h3-15,17,30H,16H2,1-2H3,(H2,32,33,36). The van der Waals surface area contributed by atoms with E-state index in [1.165, 1.54) is 0 Å². The van der Waals surface area contributed by atoms with Crippen LogP contribution in [0.2, 0.25) is 0 Å². The third-order valence-corrected chi connectivity index (χ3v) is 6.35. The van der Waals surface area contributed by atoms with E-state index in [0.717, 1.165) is 32.8 Å². The van der Waals surface area contributed by atoms with E-state index in [0.29, 0.717) is 29.4 Å². The summed E-state index contributed by atoms with van der Waals surface area (Å²) in [6.45, 7) is 0.556. The Labute approximate surface area is 227 Å². The lowest BCUT2D eigenvalue weighted by Gasteiger charge is -2.12. The Balaban J connectivity index is 1.26. The van der Waals surface area contributed by atoms with Crippen molar-refractivity contribution in [2.75, 3.05) is 30.2 Å². The van der Waals surface area contributed by atoms with E-state index in [9.17, 15) is 4.79 Å². The smallest absolute Gasteiger partial charge is 0.323 e. The number of benzene rings is 3. The summed E-state index contributed by atoms with van der Waals surface area (Å²) < 4.78 is 13.1. The number of hydrogen-bond acceptors (Lipinski definition) is 6. The van der Waals surface area contributed by atoms with Crippen molar-refractivity contribution in [1.82, 2.24) is 14.6 Å². The molecule has 0 aliphatic heterocycles. The van der Waals surface area contributed by atoms with Crippen LogP contribution in [0.3, 0.4) is 0 Å². The van der Waals surface area contributed by atoms with Gasteiger partial charge in [-0.05, 0) is 33.6 Å². The highest BCUT2D eigenvalue weighted by Crippen LogP contribution is 2.27. The van der Waals surface area contributed by atoms with Gasteiger partial charge in [0.05, 0.1) is 30.6 Å². The van der Waals surface area contributed by atoms with Gasteiger partial charge >= 0.3 is 6.03 Å². The second-order valence-electron chi connectivity index (χ2n) is 8.35. The number of rotatable bonds is 8. The molecule has 0 unspecified atom stereocenters. The first-order chi connectivity index (χ1) is 18.5. The van der Waals surface area contributed by atoms with Gasteiger partial charge < -0.3 is 25.4 Å². The lowest BCUT2D eigenvalue weighted by molar-refractivity contribution is 0.262. The molecule has 2 amide bonds. The molecule has 0 aliphatic rings. The minimum atomic E-state index is -0.372. The fraction of sp³-hybridized carbons (Fsp3) is 0.107. The molecule has 3 N–H and O–H groups in total. The normalized spacial score (nSPS) is 10.7. The van der Waals surface area contributed by atoms with Crippen LogP contribution < -0.4 is 25.4 Å². The van der Waals surface area contributed by atoms with Crippen molar-refractivity contribution in [3.63, 3.8) is 0 Å². The van der Waals surface area contributed by atoms with Crippen LogP contribution in [0.25, 0.3) is 16.9 Å². The monoisotopic (exact) mass is 572 g/mol. The molecule has 0 saturated heterocycles. The molecular weight excluding hydrogens is 548 g/mol. The summed E-state index contributed by atoms with van der Waals surface area (Å²) in [5, 5.41) is 13.5. The van der Waals surface area contributed by atoms with Crippen molar-refractivity contribution in [3.05, 3.63) is 95.1 Å². The summed E-state index contributed by atoms with van der Waals surface area (Å²) in [4.78, 5) is 17.3. The van der Waals surface area contributed by atoms with E-state index < -0.39 is 0 Å². The molecule has 5 rings (SSSR count). The molecule has 3 aromatic carbocycles. The van der Waals surface area contributed by atoms with Crippen molar-refractivity contribution in [2.24, 2.45) is 0 Å². The number of nitrogens with zero attached hydrogens (tertiary/aromatic N) is 3. The molecule has 0 aliphatic carbocycles. The Morgan fingerprint density at radius 3 is 2.26 bits per heavy atom. The fourth-order valence-corrected chi connectivity index (χ4v) is 4.24. The van der Waals surface area contributed by atoms with E-state index in [2.05, 4.69) is 37.0 Å². The van der Waals surface area contributed by atoms with Crippen molar-refractivity contribution in [3.8, 4) is 22.8 Å². The van der Waals surface area contributed by atoms with Crippen LogP contribution in [0, 0.1) is 0 Å². The lowest BCUT2D eigenvalue weighted by Crippen LogP contribution is -2.19. The van der Waals surface area contributed by atoms with Crippen LogP contribution in [0.1, 0.15) is 5.56 Å². The molecule has 0 saturated carbocycles. The topological polar surface area (TPSA) is 102 Å². The van der Waals surface area contributed by atoms with Crippen molar-refractivity contribution in [2.45, 2.75) is 6.54 Å². The summed E-state index contributed by atoms with van der Waals surface area (Å²) in [6.07, 6.45) is 1.73. The van der Waals surface area contributed by atoms with Gasteiger partial charge in [0.1, 0.15) is 17.3 Å². The zero-order chi connectivity index (χ0) is 26.5. The second kappa shape index (κ2) is 11.2. The number of amides is 2. The second-order valence-corrected chi connectivity index (χ2v) is 9.21. The van der Waals surface area contributed by atoms with Crippen LogP contribution >= 0.6 is 15.9 Å². The Morgan fingerprint density at radius 1 is 0.895 bits per heavy atom. The van der Waals surface area contributed by atoms with Gasteiger partial charge in [0.2, 0.25) is 0 Å². The molecule has 0 fully saturated rings. The van der Waals surface area contributed by atoms with Gasteiger partial charge in [-0.25, -0.2) is 9.78 Å². The highest BCUT2D eigenvalue weighted by Gasteiger charge is 2.12. The molecule has 2 heterocycles.